The molecule has 1 fully saturated rings. The van der Waals surface area contributed by atoms with Gasteiger partial charge in [-0.2, -0.15) is 0 Å². The maximum atomic E-state index is 15.1. The zero-order chi connectivity index (χ0) is 17.2. The highest BCUT2D eigenvalue weighted by Gasteiger charge is 2.32. The van der Waals surface area contributed by atoms with Gasteiger partial charge in [0, 0.05) is 12.2 Å². The van der Waals surface area contributed by atoms with E-state index in [9.17, 15) is 19.5 Å². The molecule has 8 heteroatoms. The number of nitrogens with zero attached hydrogens (tertiary/aromatic N) is 1. The Bertz CT molecular complexity index is 978. The van der Waals surface area contributed by atoms with Gasteiger partial charge in [-0.05, 0) is 25.8 Å². The van der Waals surface area contributed by atoms with Gasteiger partial charge in [-0.1, -0.05) is 0 Å². The molecule has 1 amide bonds. The predicted molar refractivity (Wildman–Crippen MR) is 85.1 cm³/mol. The van der Waals surface area contributed by atoms with E-state index in [1.165, 1.54) is 16.8 Å². The van der Waals surface area contributed by atoms with Crippen LogP contribution < -0.4 is 16.1 Å². The van der Waals surface area contributed by atoms with Crippen LogP contribution in [-0.2, 0) is 4.79 Å². The van der Waals surface area contributed by atoms with E-state index in [1.807, 2.05) is 0 Å². The molecule has 2 aliphatic rings. The first-order valence-electron chi connectivity index (χ1n) is 7.60. The molecule has 3 N–H and O–H groups in total. The molecule has 1 unspecified atom stereocenters. The fraction of sp³-hybridized carbons (Fsp3) is 0.312. The summed E-state index contributed by atoms with van der Waals surface area (Å²) in [6.07, 6.45) is 2.81. The summed E-state index contributed by atoms with van der Waals surface area (Å²) in [4.78, 5) is 35.6. The lowest BCUT2D eigenvalue weighted by atomic mass is 10.1. The zero-order valence-electron chi connectivity index (χ0n) is 12.7. The van der Waals surface area contributed by atoms with Crippen molar-refractivity contribution in [2.75, 3.05) is 10.6 Å². The molecule has 1 aliphatic heterocycles. The monoisotopic (exact) mass is 331 g/mol. The molecule has 0 saturated heterocycles. The summed E-state index contributed by atoms with van der Waals surface area (Å²) in [6, 6.07) is 0.719. The van der Waals surface area contributed by atoms with E-state index in [0.717, 1.165) is 12.8 Å². The van der Waals surface area contributed by atoms with Crippen molar-refractivity contribution in [3.8, 4) is 0 Å². The number of fused-ring (bicyclic) bond motifs is 2. The van der Waals surface area contributed by atoms with Gasteiger partial charge in [0.1, 0.15) is 11.6 Å². The first-order valence-corrected chi connectivity index (χ1v) is 7.60. The standard InChI is InChI=1S/C16H14FN3O4/c1-6-15(22)19-10-4-8-13(11(17)12(10)18-6)20(7-2-3-7)5-9(14(8)21)16(23)24/h4-7,18H,2-3H2,1H3,(H,19,22)(H,23,24). The Morgan fingerprint density at radius 3 is 2.71 bits per heavy atom. The van der Waals surface area contributed by atoms with Crippen molar-refractivity contribution < 1.29 is 19.1 Å². The summed E-state index contributed by atoms with van der Waals surface area (Å²) in [5.41, 5.74) is -0.833. The molecule has 1 aliphatic carbocycles. The Balaban J connectivity index is 2.10. The number of benzene rings is 1. The van der Waals surface area contributed by atoms with Crippen molar-refractivity contribution in [1.29, 1.82) is 0 Å². The Morgan fingerprint density at radius 1 is 1.38 bits per heavy atom. The maximum absolute atomic E-state index is 15.1. The highest BCUT2D eigenvalue weighted by molar-refractivity contribution is 6.06. The second kappa shape index (κ2) is 4.80. The third-order valence-corrected chi connectivity index (χ3v) is 4.44. The lowest BCUT2D eigenvalue weighted by molar-refractivity contribution is -0.116. The average molecular weight is 331 g/mol. The summed E-state index contributed by atoms with van der Waals surface area (Å²) >= 11 is 0. The fourth-order valence-electron chi connectivity index (χ4n) is 3.03. The van der Waals surface area contributed by atoms with Gasteiger partial charge >= 0.3 is 5.97 Å². The summed E-state index contributed by atoms with van der Waals surface area (Å²) < 4.78 is 16.6. The molecule has 0 bridgehead atoms. The fourth-order valence-corrected chi connectivity index (χ4v) is 3.03. The molecule has 4 rings (SSSR count). The number of carbonyl (C=O) groups is 2. The third kappa shape index (κ3) is 1.99. The maximum Gasteiger partial charge on any atom is 0.341 e. The van der Waals surface area contributed by atoms with E-state index in [0.29, 0.717) is 0 Å². The van der Waals surface area contributed by atoms with Crippen molar-refractivity contribution in [1.82, 2.24) is 4.57 Å². The van der Waals surface area contributed by atoms with E-state index >= 15 is 4.39 Å². The molecule has 1 atom stereocenters. The first kappa shape index (κ1) is 14.7. The summed E-state index contributed by atoms with van der Waals surface area (Å²) in [7, 11) is 0. The molecule has 24 heavy (non-hydrogen) atoms. The SMILES string of the molecule is CC1Nc2c(cc3c(=O)c(C(=O)O)cn(C4CC4)c3c2F)NC1=O. The number of carboxylic acid groups (broad SMARTS) is 1. The van der Waals surface area contributed by atoms with Gasteiger partial charge in [0.25, 0.3) is 0 Å². The number of rotatable bonds is 2. The van der Waals surface area contributed by atoms with Crippen LogP contribution in [0, 0.1) is 5.82 Å². The number of pyridine rings is 1. The van der Waals surface area contributed by atoms with E-state index in [4.69, 9.17) is 0 Å². The van der Waals surface area contributed by atoms with Crippen LogP contribution in [0.1, 0.15) is 36.2 Å². The Hall–Kier alpha value is -2.90. The van der Waals surface area contributed by atoms with Crippen molar-refractivity contribution in [3.63, 3.8) is 0 Å². The highest BCUT2D eigenvalue weighted by atomic mass is 19.1. The highest BCUT2D eigenvalue weighted by Crippen LogP contribution is 2.41. The smallest absolute Gasteiger partial charge is 0.341 e. The number of anilines is 2. The van der Waals surface area contributed by atoms with E-state index < -0.39 is 28.8 Å². The van der Waals surface area contributed by atoms with E-state index in [1.54, 1.807) is 6.92 Å². The Labute approximate surface area is 135 Å². The molecule has 124 valence electrons. The quantitative estimate of drug-likeness (QED) is 0.781. The van der Waals surface area contributed by atoms with Crippen molar-refractivity contribution >= 4 is 34.2 Å². The number of hydrogen-bond donors (Lipinski definition) is 3. The second-order valence-corrected chi connectivity index (χ2v) is 6.18. The Morgan fingerprint density at radius 2 is 2.08 bits per heavy atom. The number of aromatic carboxylic acids is 1. The van der Waals surface area contributed by atoms with Crippen LogP contribution in [-0.4, -0.2) is 27.6 Å². The van der Waals surface area contributed by atoms with Crippen LogP contribution in [0.2, 0.25) is 0 Å². The molecular formula is C16H14FN3O4. The minimum atomic E-state index is -1.36. The number of aromatic nitrogens is 1. The summed E-state index contributed by atoms with van der Waals surface area (Å²) in [6.45, 7) is 1.60. The molecule has 0 spiro atoms. The number of amides is 1. The van der Waals surface area contributed by atoms with Crippen LogP contribution in [0.15, 0.2) is 17.1 Å². The topological polar surface area (TPSA) is 100 Å². The minimum absolute atomic E-state index is 0.0191. The van der Waals surface area contributed by atoms with Crippen molar-refractivity contribution in [2.45, 2.75) is 31.8 Å². The van der Waals surface area contributed by atoms with Crippen LogP contribution in [0.5, 0.6) is 0 Å². The van der Waals surface area contributed by atoms with E-state index in [2.05, 4.69) is 10.6 Å². The molecule has 2 heterocycles. The second-order valence-electron chi connectivity index (χ2n) is 6.18. The third-order valence-electron chi connectivity index (χ3n) is 4.44. The molecule has 2 aromatic rings. The van der Waals surface area contributed by atoms with Gasteiger partial charge in [0.15, 0.2) is 5.82 Å². The molecule has 7 nitrogen and oxygen atoms in total. The molecule has 1 aromatic carbocycles. The van der Waals surface area contributed by atoms with Gasteiger partial charge in [0.2, 0.25) is 11.3 Å². The lowest BCUT2D eigenvalue weighted by Crippen LogP contribution is -2.37. The van der Waals surface area contributed by atoms with Crippen molar-refractivity contribution in [2.24, 2.45) is 0 Å². The van der Waals surface area contributed by atoms with Gasteiger partial charge in [-0.15, -0.1) is 0 Å². The Kier molecular flexibility index (Phi) is 2.93. The molecule has 1 saturated carbocycles. The zero-order valence-corrected chi connectivity index (χ0v) is 12.7. The number of hydrogen-bond acceptors (Lipinski definition) is 4. The minimum Gasteiger partial charge on any atom is -0.477 e. The number of carboxylic acids is 1. The van der Waals surface area contributed by atoms with Gasteiger partial charge in [0.05, 0.1) is 22.3 Å². The van der Waals surface area contributed by atoms with Gasteiger partial charge in [-0.3, -0.25) is 9.59 Å². The lowest BCUT2D eigenvalue weighted by Gasteiger charge is -2.26. The summed E-state index contributed by atoms with van der Waals surface area (Å²) in [5, 5.41) is 14.5. The van der Waals surface area contributed by atoms with E-state index in [-0.39, 0.29) is 34.2 Å². The van der Waals surface area contributed by atoms with Crippen molar-refractivity contribution in [3.05, 3.63) is 33.9 Å². The molecule has 1 aromatic heterocycles. The van der Waals surface area contributed by atoms with Crippen LogP contribution in [0.25, 0.3) is 10.9 Å². The van der Waals surface area contributed by atoms with Crippen LogP contribution >= 0.6 is 0 Å². The predicted octanol–water partition coefficient (Wildman–Crippen LogP) is 1.93. The molecular weight excluding hydrogens is 317 g/mol. The summed E-state index contributed by atoms with van der Waals surface area (Å²) in [5.74, 6) is -2.36. The van der Waals surface area contributed by atoms with Crippen LogP contribution in [0.4, 0.5) is 15.8 Å². The van der Waals surface area contributed by atoms with Crippen LogP contribution in [0.3, 0.4) is 0 Å². The van der Waals surface area contributed by atoms with Gasteiger partial charge < -0.3 is 20.3 Å². The number of carbonyl (C=O) groups excluding carboxylic acids is 1. The number of halogens is 1. The van der Waals surface area contributed by atoms with Gasteiger partial charge in [-0.25, -0.2) is 9.18 Å². The first-order chi connectivity index (χ1) is 11.4. The largest absolute Gasteiger partial charge is 0.477 e. The molecule has 0 radical (unpaired) electrons. The average Bonchev–Trinajstić information content (AvgIpc) is 3.35. The normalized spacial score (nSPS) is 19.6. The number of nitrogens with one attached hydrogen (secondary N) is 2.